The van der Waals surface area contributed by atoms with Crippen LogP contribution in [0.5, 0.6) is 0 Å². The van der Waals surface area contributed by atoms with Gasteiger partial charge in [-0.2, -0.15) is 0 Å². The maximum atomic E-state index is 11.8. The summed E-state index contributed by atoms with van der Waals surface area (Å²) < 4.78 is 0. The van der Waals surface area contributed by atoms with Gasteiger partial charge in [0.15, 0.2) is 0 Å². The van der Waals surface area contributed by atoms with Crippen LogP contribution in [-0.4, -0.2) is 22.2 Å². The first kappa shape index (κ1) is 16.0. The standard InChI is InChI=1S/C19H22O4S/c20-18(21)14-9-16(19(22)23)24-15-8-7-12-11-4-2-1-3-10(11)5-6-13(12)17(14)15/h9-13H,1-8H2,(H-,20,21,22,23)/p+1. The van der Waals surface area contributed by atoms with Crippen molar-refractivity contribution >= 4 is 23.3 Å². The minimum atomic E-state index is -1.02. The third-order valence-electron chi connectivity index (χ3n) is 6.50. The zero-order valence-electron chi connectivity index (χ0n) is 13.7. The highest BCUT2D eigenvalue weighted by Gasteiger charge is 2.47. The summed E-state index contributed by atoms with van der Waals surface area (Å²) in [6.07, 6.45) is 9.49. The van der Waals surface area contributed by atoms with E-state index in [9.17, 15) is 19.8 Å². The Balaban J connectivity index is 1.78. The number of aryl methyl sites for hydroxylation is 1. The molecule has 2 fully saturated rings. The van der Waals surface area contributed by atoms with Gasteiger partial charge in [0.05, 0.1) is 5.56 Å². The molecule has 4 nitrogen and oxygen atoms in total. The lowest BCUT2D eigenvalue weighted by Gasteiger charge is -2.47. The second-order valence-electron chi connectivity index (χ2n) is 7.57. The van der Waals surface area contributed by atoms with E-state index in [1.54, 1.807) is 0 Å². The number of carboxylic acid groups (broad SMARTS) is 2. The molecular formula is C19H23O4S+. The van der Waals surface area contributed by atoms with Crippen molar-refractivity contribution in [3.63, 3.8) is 0 Å². The van der Waals surface area contributed by atoms with Gasteiger partial charge in [0.2, 0.25) is 16.2 Å². The first-order valence-electron chi connectivity index (χ1n) is 9.02. The van der Waals surface area contributed by atoms with Crippen molar-refractivity contribution in [1.29, 1.82) is 0 Å². The Morgan fingerprint density at radius 2 is 1.75 bits per heavy atom. The number of hydrogen-bond donors (Lipinski definition) is 2. The Labute approximate surface area is 145 Å². The van der Waals surface area contributed by atoms with Gasteiger partial charge in [-0.15, -0.1) is 0 Å². The van der Waals surface area contributed by atoms with Crippen LogP contribution in [0.4, 0.5) is 0 Å². The number of rotatable bonds is 2. The topological polar surface area (TPSA) is 74.6 Å². The molecule has 1 heterocycles. The minimum Gasteiger partial charge on any atom is -0.478 e. The summed E-state index contributed by atoms with van der Waals surface area (Å²) in [5.41, 5.74) is 1.21. The Bertz CT molecular complexity index is 699. The molecule has 0 spiro atoms. The normalized spacial score (nSPS) is 31.5. The van der Waals surface area contributed by atoms with Crippen LogP contribution in [0.3, 0.4) is 0 Å². The van der Waals surface area contributed by atoms with E-state index in [1.165, 1.54) is 49.5 Å². The average Bonchev–Trinajstić information content (AvgIpc) is 2.59. The molecule has 2 saturated carbocycles. The molecule has 5 heteroatoms. The summed E-state index contributed by atoms with van der Waals surface area (Å²) in [6.45, 7) is 0. The predicted molar refractivity (Wildman–Crippen MR) is 91.9 cm³/mol. The summed E-state index contributed by atoms with van der Waals surface area (Å²) in [4.78, 5) is 24.3. The monoisotopic (exact) mass is 347 g/mol. The quantitative estimate of drug-likeness (QED) is 0.762. The van der Waals surface area contributed by atoms with Gasteiger partial charge in [0.25, 0.3) is 0 Å². The summed E-state index contributed by atoms with van der Waals surface area (Å²) >= 11 is 1.29. The maximum Gasteiger partial charge on any atom is 0.394 e. The predicted octanol–water partition coefficient (Wildman–Crippen LogP) is 4.67. The summed E-state index contributed by atoms with van der Waals surface area (Å²) in [7, 11) is 0. The molecule has 24 heavy (non-hydrogen) atoms. The molecule has 0 aliphatic heterocycles. The van der Waals surface area contributed by atoms with Gasteiger partial charge in [-0.05, 0) is 49.4 Å². The zero-order chi connectivity index (χ0) is 16.8. The number of carbonyl (C=O) groups is 2. The molecule has 4 atom stereocenters. The largest absolute Gasteiger partial charge is 0.478 e. The van der Waals surface area contributed by atoms with Crippen LogP contribution in [0.25, 0.3) is 0 Å². The van der Waals surface area contributed by atoms with E-state index in [2.05, 4.69) is 0 Å². The summed E-state index contributed by atoms with van der Waals surface area (Å²) in [5, 5.41) is 19.0. The van der Waals surface area contributed by atoms with Crippen molar-refractivity contribution in [1.82, 2.24) is 0 Å². The molecule has 1 aromatic heterocycles. The molecule has 0 radical (unpaired) electrons. The van der Waals surface area contributed by atoms with Crippen molar-refractivity contribution in [3.8, 4) is 0 Å². The second-order valence-corrected chi connectivity index (χ2v) is 8.70. The van der Waals surface area contributed by atoms with Crippen molar-refractivity contribution in [3.05, 3.63) is 26.9 Å². The molecule has 0 bridgehead atoms. The van der Waals surface area contributed by atoms with Crippen molar-refractivity contribution in [2.24, 2.45) is 17.8 Å². The highest BCUT2D eigenvalue weighted by atomic mass is 32.1. The Hall–Kier alpha value is -1.49. The van der Waals surface area contributed by atoms with Crippen LogP contribution >= 0.6 is 11.3 Å². The second kappa shape index (κ2) is 6.10. The van der Waals surface area contributed by atoms with Crippen LogP contribution in [-0.2, 0) is 6.42 Å². The van der Waals surface area contributed by atoms with Gasteiger partial charge in [-0.1, -0.05) is 19.3 Å². The van der Waals surface area contributed by atoms with E-state index in [0.717, 1.165) is 41.5 Å². The molecule has 0 amide bonds. The van der Waals surface area contributed by atoms with Crippen molar-refractivity contribution in [2.75, 3.05) is 0 Å². The Morgan fingerprint density at radius 3 is 2.50 bits per heavy atom. The molecule has 1 aromatic rings. The Kier molecular flexibility index (Phi) is 4.07. The van der Waals surface area contributed by atoms with Gasteiger partial charge in [-0.3, -0.25) is 0 Å². The van der Waals surface area contributed by atoms with Gasteiger partial charge in [0, 0.05) is 18.1 Å². The van der Waals surface area contributed by atoms with E-state index in [-0.39, 0.29) is 10.4 Å². The fourth-order valence-electron chi connectivity index (χ4n) is 5.59. The molecule has 4 unspecified atom stereocenters. The SMILES string of the molecule is O=C(O)c1cc(C(=O)O)c2c([s+]1)CCC1C2CCC2CCCCC21. The fraction of sp³-hybridized carbons (Fsp3) is 0.632. The lowest BCUT2D eigenvalue weighted by Crippen LogP contribution is -2.38. The molecule has 3 aliphatic rings. The van der Waals surface area contributed by atoms with E-state index in [4.69, 9.17) is 0 Å². The summed E-state index contributed by atoms with van der Waals surface area (Å²) in [5.74, 6) is 0.487. The highest BCUT2D eigenvalue weighted by molar-refractivity contribution is 7.13. The third kappa shape index (κ3) is 2.53. The Morgan fingerprint density at radius 1 is 0.958 bits per heavy atom. The summed E-state index contributed by atoms with van der Waals surface area (Å²) in [6, 6.07) is 1.39. The molecule has 3 aliphatic carbocycles. The maximum absolute atomic E-state index is 11.8. The van der Waals surface area contributed by atoms with Gasteiger partial charge in [0.1, 0.15) is 0 Å². The van der Waals surface area contributed by atoms with Crippen LogP contribution in [0.1, 0.15) is 81.3 Å². The molecule has 4 rings (SSSR count). The van der Waals surface area contributed by atoms with Gasteiger partial charge in [-0.25, -0.2) is 9.59 Å². The number of carboxylic acids is 2. The number of hydrogen-bond acceptors (Lipinski definition) is 2. The van der Waals surface area contributed by atoms with E-state index < -0.39 is 11.9 Å². The van der Waals surface area contributed by atoms with Crippen LogP contribution < -0.4 is 0 Å². The van der Waals surface area contributed by atoms with Crippen molar-refractivity contribution in [2.45, 2.75) is 57.3 Å². The molecule has 128 valence electrons. The lowest BCUT2D eigenvalue weighted by molar-refractivity contribution is 0.0659. The van der Waals surface area contributed by atoms with Gasteiger partial charge >= 0.3 is 16.8 Å². The van der Waals surface area contributed by atoms with Crippen molar-refractivity contribution < 1.29 is 19.8 Å². The first-order chi connectivity index (χ1) is 11.6. The van der Waals surface area contributed by atoms with E-state index in [1.807, 2.05) is 0 Å². The molecule has 0 saturated heterocycles. The third-order valence-corrected chi connectivity index (χ3v) is 7.68. The average molecular weight is 347 g/mol. The zero-order valence-corrected chi connectivity index (χ0v) is 14.5. The van der Waals surface area contributed by atoms with E-state index in [0.29, 0.717) is 11.8 Å². The number of fused-ring (bicyclic) bond motifs is 5. The lowest BCUT2D eigenvalue weighted by atomic mass is 9.57. The highest BCUT2D eigenvalue weighted by Crippen LogP contribution is 2.55. The number of aromatic carboxylic acids is 2. The van der Waals surface area contributed by atoms with Gasteiger partial charge < -0.3 is 10.2 Å². The smallest absolute Gasteiger partial charge is 0.394 e. The van der Waals surface area contributed by atoms with Crippen LogP contribution in [0, 0.1) is 17.8 Å². The molecule has 0 aromatic carbocycles. The minimum absolute atomic E-state index is 0.149. The molecule has 2 N–H and O–H groups in total. The first-order valence-corrected chi connectivity index (χ1v) is 9.84. The molecular weight excluding hydrogens is 324 g/mol. The van der Waals surface area contributed by atoms with E-state index >= 15 is 0 Å². The van der Waals surface area contributed by atoms with Crippen LogP contribution in [0.2, 0.25) is 0 Å². The van der Waals surface area contributed by atoms with Crippen LogP contribution in [0.15, 0.2) is 6.07 Å². The fourth-order valence-corrected chi connectivity index (χ4v) is 6.71.